The third-order valence-corrected chi connectivity index (χ3v) is 3.09. The van der Waals surface area contributed by atoms with E-state index in [-0.39, 0.29) is 12.3 Å². The highest BCUT2D eigenvalue weighted by Crippen LogP contribution is 2.37. The predicted octanol–water partition coefficient (Wildman–Crippen LogP) is 3.05. The van der Waals surface area contributed by atoms with Gasteiger partial charge in [0.15, 0.2) is 0 Å². The number of alkyl halides is 6. The van der Waals surface area contributed by atoms with Gasteiger partial charge in [-0.3, -0.25) is 4.98 Å². The van der Waals surface area contributed by atoms with Gasteiger partial charge in [0.1, 0.15) is 5.69 Å². The van der Waals surface area contributed by atoms with Gasteiger partial charge in [0, 0.05) is 16.9 Å². The van der Waals surface area contributed by atoms with Gasteiger partial charge in [0.25, 0.3) is 9.05 Å². The van der Waals surface area contributed by atoms with Crippen molar-refractivity contribution < 1.29 is 34.8 Å². The quantitative estimate of drug-likeness (QED) is 0.591. The minimum atomic E-state index is -5.19. The second kappa shape index (κ2) is 4.26. The minimum Gasteiger partial charge on any atom is -0.251 e. The fraction of sp³-hybridized carbons (Fsp3) is 0.286. The lowest BCUT2D eigenvalue weighted by Crippen LogP contribution is -2.15. The van der Waals surface area contributed by atoms with Gasteiger partial charge in [0.05, 0.1) is 10.5 Å². The van der Waals surface area contributed by atoms with Crippen LogP contribution in [0.4, 0.5) is 26.3 Å². The summed E-state index contributed by atoms with van der Waals surface area (Å²) in [6.45, 7) is 0. The molecule has 0 atom stereocenters. The summed E-state index contributed by atoms with van der Waals surface area (Å²) >= 11 is 0. The second-order valence-electron chi connectivity index (χ2n) is 3.00. The van der Waals surface area contributed by atoms with Crippen molar-refractivity contribution in [1.29, 1.82) is 0 Å². The highest BCUT2D eigenvalue weighted by molar-refractivity contribution is 8.13. The number of aromatic nitrogens is 1. The van der Waals surface area contributed by atoms with Gasteiger partial charge < -0.3 is 0 Å². The fourth-order valence-corrected chi connectivity index (χ4v) is 2.07. The van der Waals surface area contributed by atoms with Crippen LogP contribution in [0.2, 0.25) is 0 Å². The molecule has 0 N–H and O–H groups in total. The van der Waals surface area contributed by atoms with Crippen LogP contribution in [0.1, 0.15) is 11.3 Å². The standard InChI is InChI=1S/C7H2ClF6NO2S/c8-18(16,17)4-1-5(7(12,13)14)15-2-3(4)6(9,10)11/h1-2H. The van der Waals surface area contributed by atoms with Crippen LogP contribution in [0.15, 0.2) is 17.2 Å². The van der Waals surface area contributed by atoms with Crippen LogP contribution in [0.3, 0.4) is 0 Å². The molecule has 0 aliphatic carbocycles. The molecule has 0 unspecified atom stereocenters. The third-order valence-electron chi connectivity index (χ3n) is 1.72. The van der Waals surface area contributed by atoms with Crippen LogP contribution in [0.25, 0.3) is 0 Å². The van der Waals surface area contributed by atoms with E-state index in [1.165, 1.54) is 0 Å². The first-order chi connectivity index (χ1) is 7.83. The van der Waals surface area contributed by atoms with E-state index in [0.29, 0.717) is 0 Å². The molecule has 1 aromatic heterocycles. The van der Waals surface area contributed by atoms with Gasteiger partial charge in [-0.2, -0.15) is 26.3 Å². The summed E-state index contributed by atoms with van der Waals surface area (Å²) in [7, 11) is -0.318. The molecule has 3 nitrogen and oxygen atoms in total. The second-order valence-corrected chi connectivity index (χ2v) is 5.53. The highest BCUT2D eigenvalue weighted by atomic mass is 35.7. The molecule has 0 fully saturated rings. The summed E-state index contributed by atoms with van der Waals surface area (Å²) in [5.74, 6) is 0. The molecule has 0 radical (unpaired) electrons. The van der Waals surface area contributed by atoms with Gasteiger partial charge in [0.2, 0.25) is 0 Å². The number of hydrogen-bond donors (Lipinski definition) is 0. The van der Waals surface area contributed by atoms with Crippen molar-refractivity contribution in [3.8, 4) is 0 Å². The maximum Gasteiger partial charge on any atom is 0.433 e. The Labute approximate surface area is 101 Å². The molecular formula is C7H2ClF6NO2S. The molecule has 1 aromatic rings. The Bertz CT molecular complexity index is 564. The first kappa shape index (κ1) is 15.0. The summed E-state index contributed by atoms with van der Waals surface area (Å²) in [6, 6.07) is -0.259. The number of halogens is 7. The zero-order valence-corrected chi connectivity index (χ0v) is 9.54. The Hall–Kier alpha value is -1.03. The Morgan fingerprint density at radius 1 is 1.06 bits per heavy atom. The van der Waals surface area contributed by atoms with Crippen LogP contribution in [0, 0.1) is 0 Å². The summed E-state index contributed by atoms with van der Waals surface area (Å²) < 4.78 is 95.4. The number of pyridine rings is 1. The smallest absolute Gasteiger partial charge is 0.251 e. The summed E-state index contributed by atoms with van der Waals surface area (Å²) in [4.78, 5) is 0.841. The van der Waals surface area contributed by atoms with E-state index in [0.717, 1.165) is 0 Å². The Morgan fingerprint density at radius 3 is 1.89 bits per heavy atom. The Morgan fingerprint density at radius 2 is 1.56 bits per heavy atom. The van der Waals surface area contributed by atoms with Gasteiger partial charge in [-0.1, -0.05) is 0 Å². The minimum absolute atomic E-state index is 0.224. The average Bonchev–Trinajstić information content (AvgIpc) is 2.12. The number of nitrogens with zero attached hydrogens (tertiary/aromatic N) is 1. The first-order valence-corrected chi connectivity index (χ1v) is 6.23. The molecular weight excluding hydrogens is 312 g/mol. The molecule has 11 heteroatoms. The predicted molar refractivity (Wildman–Crippen MR) is 47.3 cm³/mol. The van der Waals surface area contributed by atoms with E-state index in [1.807, 2.05) is 0 Å². The molecule has 0 spiro atoms. The van der Waals surface area contributed by atoms with Crippen molar-refractivity contribution in [3.63, 3.8) is 0 Å². The zero-order valence-electron chi connectivity index (χ0n) is 7.97. The molecule has 1 rings (SSSR count). The summed E-state index contributed by atoms with van der Waals surface area (Å²) in [5, 5.41) is 0. The van der Waals surface area contributed by atoms with E-state index in [1.54, 1.807) is 0 Å². The maximum atomic E-state index is 12.4. The van der Waals surface area contributed by atoms with E-state index in [2.05, 4.69) is 15.7 Å². The van der Waals surface area contributed by atoms with Crippen LogP contribution >= 0.6 is 10.7 Å². The van der Waals surface area contributed by atoms with Crippen LogP contribution < -0.4 is 0 Å². The van der Waals surface area contributed by atoms with Crippen molar-refractivity contribution in [3.05, 3.63) is 23.5 Å². The van der Waals surface area contributed by atoms with Gasteiger partial charge in [-0.25, -0.2) is 8.42 Å². The van der Waals surface area contributed by atoms with Gasteiger partial charge in [-0.05, 0) is 6.07 Å². The van der Waals surface area contributed by atoms with Crippen molar-refractivity contribution in [1.82, 2.24) is 4.98 Å². The lowest BCUT2D eigenvalue weighted by molar-refractivity contribution is -0.146. The largest absolute Gasteiger partial charge is 0.433 e. The first-order valence-electron chi connectivity index (χ1n) is 3.92. The molecule has 1 heterocycles. The van der Waals surface area contributed by atoms with Gasteiger partial charge >= 0.3 is 12.4 Å². The molecule has 0 saturated carbocycles. The Balaban J connectivity index is 3.61. The molecule has 0 bridgehead atoms. The van der Waals surface area contributed by atoms with Crippen LogP contribution in [-0.4, -0.2) is 13.4 Å². The molecule has 0 aliphatic rings. The monoisotopic (exact) mass is 313 g/mol. The van der Waals surface area contributed by atoms with Crippen molar-refractivity contribution in [2.24, 2.45) is 0 Å². The number of rotatable bonds is 1. The van der Waals surface area contributed by atoms with Crippen LogP contribution in [0.5, 0.6) is 0 Å². The molecule has 0 aliphatic heterocycles. The lowest BCUT2D eigenvalue weighted by Gasteiger charge is -2.12. The van der Waals surface area contributed by atoms with Crippen LogP contribution in [-0.2, 0) is 21.4 Å². The summed E-state index contributed by atoms with van der Waals surface area (Å²) in [6.07, 6.45) is -10.5. The summed E-state index contributed by atoms with van der Waals surface area (Å²) in [5.41, 5.74) is -3.64. The van der Waals surface area contributed by atoms with Gasteiger partial charge in [-0.15, -0.1) is 0 Å². The van der Waals surface area contributed by atoms with Crippen molar-refractivity contribution in [2.45, 2.75) is 17.2 Å². The van der Waals surface area contributed by atoms with Crippen molar-refractivity contribution >= 4 is 19.7 Å². The maximum absolute atomic E-state index is 12.4. The number of hydrogen-bond acceptors (Lipinski definition) is 3. The zero-order chi connectivity index (χ0) is 14.4. The van der Waals surface area contributed by atoms with E-state index in [4.69, 9.17) is 0 Å². The van der Waals surface area contributed by atoms with Crippen molar-refractivity contribution in [2.75, 3.05) is 0 Å². The molecule has 0 amide bonds. The topological polar surface area (TPSA) is 47.0 Å². The molecule has 102 valence electrons. The third kappa shape index (κ3) is 3.25. The highest BCUT2D eigenvalue weighted by Gasteiger charge is 2.41. The van der Waals surface area contributed by atoms with E-state index < -0.39 is 37.6 Å². The molecule has 0 aromatic carbocycles. The SMILES string of the molecule is O=S(=O)(Cl)c1cc(C(F)(F)F)ncc1C(F)(F)F. The van der Waals surface area contributed by atoms with E-state index >= 15 is 0 Å². The molecule has 18 heavy (non-hydrogen) atoms. The Kier molecular flexibility index (Phi) is 3.56. The molecule has 0 saturated heterocycles. The lowest BCUT2D eigenvalue weighted by atomic mass is 10.2. The average molecular weight is 314 g/mol. The normalized spacial score (nSPS) is 13.7. The van der Waals surface area contributed by atoms with E-state index in [9.17, 15) is 34.8 Å². The fourth-order valence-electron chi connectivity index (χ4n) is 1.01.